The number of piperazine rings is 1. The van der Waals surface area contributed by atoms with Gasteiger partial charge in [0.1, 0.15) is 0 Å². The first-order valence-corrected chi connectivity index (χ1v) is 8.07. The molecule has 1 aromatic rings. The van der Waals surface area contributed by atoms with Crippen molar-refractivity contribution < 1.29 is 0 Å². The largest absolute Gasteiger partial charge is 0.311 e. The Morgan fingerprint density at radius 3 is 2.85 bits per heavy atom. The van der Waals surface area contributed by atoms with Crippen molar-refractivity contribution in [3.05, 3.63) is 30.1 Å². The molecule has 1 saturated heterocycles. The van der Waals surface area contributed by atoms with Gasteiger partial charge in [-0.2, -0.15) is 0 Å². The van der Waals surface area contributed by atoms with Crippen LogP contribution in [0.15, 0.2) is 24.5 Å². The van der Waals surface area contributed by atoms with Gasteiger partial charge >= 0.3 is 0 Å². The van der Waals surface area contributed by atoms with E-state index in [-0.39, 0.29) is 0 Å². The van der Waals surface area contributed by atoms with Gasteiger partial charge in [-0.1, -0.05) is 32.8 Å². The number of nitrogens with zero attached hydrogens (tertiary/aromatic N) is 2. The van der Waals surface area contributed by atoms with Gasteiger partial charge in [0.25, 0.3) is 0 Å². The van der Waals surface area contributed by atoms with E-state index in [1.807, 2.05) is 12.4 Å². The van der Waals surface area contributed by atoms with E-state index >= 15 is 0 Å². The first-order chi connectivity index (χ1) is 9.70. The van der Waals surface area contributed by atoms with Gasteiger partial charge in [-0.15, -0.1) is 0 Å². The molecule has 1 aromatic heterocycles. The zero-order chi connectivity index (χ0) is 14.0. The van der Waals surface area contributed by atoms with E-state index in [1.165, 1.54) is 37.8 Å². The van der Waals surface area contributed by atoms with E-state index in [4.69, 9.17) is 0 Å². The topological polar surface area (TPSA) is 28.2 Å². The molecule has 1 saturated carbocycles. The standard InChI is InChI=1S/C17H27N3/c1-14(2)16-12-20(11-15-6-5-9-18-10-15)17(13-19-16)7-3-4-8-17/h5-6,9-10,14,16,19H,3-4,7-8,11-13H2,1-2H3. The van der Waals surface area contributed by atoms with Crippen molar-refractivity contribution in [2.45, 2.75) is 57.7 Å². The lowest BCUT2D eigenvalue weighted by Gasteiger charge is -2.49. The normalized spacial score (nSPS) is 26.4. The molecule has 2 aliphatic rings. The van der Waals surface area contributed by atoms with Crippen LogP contribution < -0.4 is 5.32 Å². The molecule has 0 amide bonds. The molecule has 2 fully saturated rings. The minimum Gasteiger partial charge on any atom is -0.311 e. The molecule has 0 aromatic carbocycles. The summed E-state index contributed by atoms with van der Waals surface area (Å²) in [6, 6.07) is 4.89. The van der Waals surface area contributed by atoms with Gasteiger partial charge < -0.3 is 5.32 Å². The lowest BCUT2D eigenvalue weighted by Crippen LogP contribution is -2.64. The van der Waals surface area contributed by atoms with Crippen molar-refractivity contribution in [2.24, 2.45) is 5.92 Å². The Kier molecular flexibility index (Phi) is 4.08. The van der Waals surface area contributed by atoms with Gasteiger partial charge in [0.2, 0.25) is 0 Å². The maximum absolute atomic E-state index is 4.28. The Morgan fingerprint density at radius 2 is 2.20 bits per heavy atom. The summed E-state index contributed by atoms with van der Waals surface area (Å²) in [5.41, 5.74) is 1.75. The lowest BCUT2D eigenvalue weighted by molar-refractivity contribution is 0.0260. The number of hydrogen-bond donors (Lipinski definition) is 1. The van der Waals surface area contributed by atoms with Gasteiger partial charge in [0.15, 0.2) is 0 Å². The summed E-state index contributed by atoms with van der Waals surface area (Å²) in [5.74, 6) is 0.699. The monoisotopic (exact) mass is 273 g/mol. The number of aromatic nitrogens is 1. The maximum atomic E-state index is 4.28. The molecule has 1 N–H and O–H groups in total. The molecule has 3 nitrogen and oxygen atoms in total. The molecule has 2 heterocycles. The highest BCUT2D eigenvalue weighted by molar-refractivity contribution is 5.11. The summed E-state index contributed by atoms with van der Waals surface area (Å²) in [7, 11) is 0. The predicted molar refractivity (Wildman–Crippen MR) is 82.5 cm³/mol. The molecule has 1 unspecified atom stereocenters. The second-order valence-corrected chi connectivity index (χ2v) is 6.90. The third-order valence-electron chi connectivity index (χ3n) is 5.22. The molecule has 110 valence electrons. The van der Waals surface area contributed by atoms with Crippen LogP contribution in [0.2, 0.25) is 0 Å². The molecular formula is C17H27N3. The first kappa shape index (κ1) is 14.0. The second kappa shape index (κ2) is 5.82. The summed E-state index contributed by atoms with van der Waals surface area (Å²) >= 11 is 0. The molecule has 1 aliphatic heterocycles. The maximum Gasteiger partial charge on any atom is 0.0338 e. The number of nitrogens with one attached hydrogen (secondary N) is 1. The van der Waals surface area contributed by atoms with Crippen LogP contribution in [0.4, 0.5) is 0 Å². The van der Waals surface area contributed by atoms with E-state index in [0.717, 1.165) is 13.1 Å². The molecule has 20 heavy (non-hydrogen) atoms. The van der Waals surface area contributed by atoms with E-state index in [9.17, 15) is 0 Å². The molecule has 3 rings (SSSR count). The van der Waals surface area contributed by atoms with Gasteiger partial charge in [0.05, 0.1) is 0 Å². The Labute approximate surface area is 122 Å². The highest BCUT2D eigenvalue weighted by Gasteiger charge is 2.43. The Bertz CT molecular complexity index is 423. The van der Waals surface area contributed by atoms with Gasteiger partial charge in [-0.05, 0) is 30.4 Å². The average molecular weight is 273 g/mol. The fraction of sp³-hybridized carbons (Fsp3) is 0.706. The Morgan fingerprint density at radius 1 is 1.40 bits per heavy atom. The van der Waals surface area contributed by atoms with Crippen molar-refractivity contribution in [2.75, 3.05) is 13.1 Å². The molecule has 0 radical (unpaired) electrons. The van der Waals surface area contributed by atoms with Crippen LogP contribution in [0.3, 0.4) is 0 Å². The minimum absolute atomic E-state index is 0.404. The van der Waals surface area contributed by atoms with Crippen LogP contribution in [0.25, 0.3) is 0 Å². The van der Waals surface area contributed by atoms with E-state index in [2.05, 4.69) is 41.2 Å². The third kappa shape index (κ3) is 2.75. The molecule has 3 heteroatoms. The molecule has 0 bridgehead atoms. The highest BCUT2D eigenvalue weighted by Crippen LogP contribution is 2.38. The van der Waals surface area contributed by atoms with E-state index < -0.39 is 0 Å². The summed E-state index contributed by atoms with van der Waals surface area (Å²) < 4.78 is 0. The summed E-state index contributed by atoms with van der Waals surface area (Å²) in [4.78, 5) is 7.03. The smallest absolute Gasteiger partial charge is 0.0338 e. The quantitative estimate of drug-likeness (QED) is 0.918. The van der Waals surface area contributed by atoms with Gasteiger partial charge in [-0.3, -0.25) is 9.88 Å². The SMILES string of the molecule is CC(C)C1CN(Cc2cccnc2)C2(CCCC2)CN1. The van der Waals surface area contributed by atoms with Gasteiger partial charge in [0, 0.05) is 43.6 Å². The Hall–Kier alpha value is -0.930. The fourth-order valence-corrected chi connectivity index (χ4v) is 3.85. The van der Waals surface area contributed by atoms with Crippen LogP contribution >= 0.6 is 0 Å². The predicted octanol–water partition coefficient (Wildman–Crippen LogP) is 2.82. The first-order valence-electron chi connectivity index (χ1n) is 8.07. The zero-order valence-corrected chi connectivity index (χ0v) is 12.8. The van der Waals surface area contributed by atoms with Crippen LogP contribution in [0.5, 0.6) is 0 Å². The van der Waals surface area contributed by atoms with Crippen LogP contribution in [-0.2, 0) is 6.54 Å². The Balaban J connectivity index is 1.78. The number of rotatable bonds is 3. The van der Waals surface area contributed by atoms with E-state index in [1.54, 1.807) is 0 Å². The zero-order valence-electron chi connectivity index (χ0n) is 12.8. The van der Waals surface area contributed by atoms with Crippen molar-refractivity contribution >= 4 is 0 Å². The van der Waals surface area contributed by atoms with Gasteiger partial charge in [-0.25, -0.2) is 0 Å². The fourth-order valence-electron chi connectivity index (χ4n) is 3.85. The van der Waals surface area contributed by atoms with Crippen LogP contribution in [-0.4, -0.2) is 34.6 Å². The summed E-state index contributed by atoms with van der Waals surface area (Å²) in [5, 5.41) is 3.81. The van der Waals surface area contributed by atoms with Crippen LogP contribution in [0.1, 0.15) is 45.1 Å². The molecule has 1 aliphatic carbocycles. The summed E-state index contributed by atoms with van der Waals surface area (Å²) in [6.07, 6.45) is 9.36. The van der Waals surface area contributed by atoms with Crippen molar-refractivity contribution in [3.8, 4) is 0 Å². The summed E-state index contributed by atoms with van der Waals surface area (Å²) in [6.45, 7) is 8.04. The van der Waals surface area contributed by atoms with E-state index in [0.29, 0.717) is 17.5 Å². The van der Waals surface area contributed by atoms with Crippen molar-refractivity contribution in [1.82, 2.24) is 15.2 Å². The van der Waals surface area contributed by atoms with Crippen molar-refractivity contribution in [3.63, 3.8) is 0 Å². The van der Waals surface area contributed by atoms with Crippen molar-refractivity contribution in [1.29, 1.82) is 0 Å². The molecule has 1 spiro atoms. The molecular weight excluding hydrogens is 246 g/mol. The number of hydrogen-bond acceptors (Lipinski definition) is 3. The molecule has 1 atom stereocenters. The minimum atomic E-state index is 0.404. The second-order valence-electron chi connectivity index (χ2n) is 6.90. The average Bonchev–Trinajstić information content (AvgIpc) is 2.92. The van der Waals surface area contributed by atoms with Crippen LogP contribution in [0, 0.1) is 5.92 Å². The third-order valence-corrected chi connectivity index (χ3v) is 5.22. The lowest BCUT2D eigenvalue weighted by atomic mass is 9.88. The highest BCUT2D eigenvalue weighted by atomic mass is 15.3. The number of pyridine rings is 1.